The van der Waals surface area contributed by atoms with E-state index in [2.05, 4.69) is 10.6 Å². The van der Waals surface area contributed by atoms with Crippen molar-refractivity contribution in [3.63, 3.8) is 0 Å². The number of carboxylic acids is 1. The van der Waals surface area contributed by atoms with Crippen LogP contribution in [0.1, 0.15) is 38.2 Å². The maximum absolute atomic E-state index is 12.9. The number of amides is 4. The number of rotatable bonds is 5. The topological polar surface area (TPSA) is 116 Å². The van der Waals surface area contributed by atoms with Gasteiger partial charge in [0, 0.05) is 5.69 Å². The second-order valence-electron chi connectivity index (χ2n) is 7.22. The van der Waals surface area contributed by atoms with Crippen molar-refractivity contribution < 1.29 is 24.3 Å². The Morgan fingerprint density at radius 1 is 1.30 bits per heavy atom. The lowest BCUT2D eigenvalue weighted by Crippen LogP contribution is -2.54. The van der Waals surface area contributed by atoms with Crippen LogP contribution in [0.5, 0.6) is 0 Å². The van der Waals surface area contributed by atoms with Gasteiger partial charge in [0.15, 0.2) is 0 Å². The molecule has 1 saturated heterocycles. The Balaban J connectivity index is 1.71. The minimum Gasteiger partial charge on any atom is -0.481 e. The van der Waals surface area contributed by atoms with Crippen LogP contribution in [-0.2, 0) is 20.8 Å². The van der Waals surface area contributed by atoms with Gasteiger partial charge in [-0.1, -0.05) is 38.0 Å². The molecule has 8 nitrogen and oxygen atoms in total. The van der Waals surface area contributed by atoms with Gasteiger partial charge in [-0.3, -0.25) is 19.3 Å². The van der Waals surface area contributed by atoms with E-state index in [0.717, 1.165) is 24.2 Å². The van der Waals surface area contributed by atoms with Crippen LogP contribution < -0.4 is 10.6 Å². The van der Waals surface area contributed by atoms with Crippen molar-refractivity contribution in [3.05, 3.63) is 29.8 Å². The summed E-state index contributed by atoms with van der Waals surface area (Å²) in [6, 6.07) is 6.00. The fraction of sp³-hybridized carbons (Fsp3) is 0.474. The standard InChI is InChI=1S/C19H23N3O5/c1-12-6-4-5-9-19(12)17(26)22(18(27)21-19)11-15(23)20-14-8-3-2-7-13(14)10-16(24)25/h2-3,7-8,12H,4-6,9-11H2,1H3,(H,20,23)(H,21,27)(H,24,25). The van der Waals surface area contributed by atoms with Crippen molar-refractivity contribution in [2.45, 2.75) is 44.6 Å². The number of aliphatic carboxylic acids is 1. The van der Waals surface area contributed by atoms with E-state index in [1.807, 2.05) is 6.92 Å². The summed E-state index contributed by atoms with van der Waals surface area (Å²) in [6.07, 6.45) is 3.08. The predicted octanol–water partition coefficient (Wildman–Crippen LogP) is 1.75. The van der Waals surface area contributed by atoms with Crippen LogP contribution in [0.2, 0.25) is 0 Å². The quantitative estimate of drug-likeness (QED) is 0.680. The van der Waals surface area contributed by atoms with Gasteiger partial charge in [0.1, 0.15) is 12.1 Å². The number of carbonyl (C=O) groups excluding carboxylic acids is 3. The molecule has 1 spiro atoms. The Hall–Kier alpha value is -2.90. The summed E-state index contributed by atoms with van der Waals surface area (Å²) in [4.78, 5) is 49.6. The fourth-order valence-corrected chi connectivity index (χ4v) is 3.93. The summed E-state index contributed by atoms with van der Waals surface area (Å²) in [7, 11) is 0. The highest BCUT2D eigenvalue weighted by Gasteiger charge is 2.55. The van der Waals surface area contributed by atoms with Gasteiger partial charge in [-0.05, 0) is 30.4 Å². The van der Waals surface area contributed by atoms with Crippen molar-refractivity contribution in [2.24, 2.45) is 5.92 Å². The first-order chi connectivity index (χ1) is 12.8. The largest absolute Gasteiger partial charge is 0.481 e. The predicted molar refractivity (Wildman–Crippen MR) is 97.0 cm³/mol. The van der Waals surface area contributed by atoms with Gasteiger partial charge in [-0.25, -0.2) is 4.79 Å². The third-order valence-electron chi connectivity index (χ3n) is 5.44. The zero-order valence-electron chi connectivity index (χ0n) is 15.2. The smallest absolute Gasteiger partial charge is 0.325 e. The number of nitrogens with one attached hydrogen (secondary N) is 2. The second kappa shape index (κ2) is 7.38. The molecule has 1 aromatic carbocycles. The van der Waals surface area contributed by atoms with E-state index in [4.69, 9.17) is 5.11 Å². The molecule has 3 N–H and O–H groups in total. The van der Waals surface area contributed by atoms with Crippen LogP contribution in [0.4, 0.5) is 10.5 Å². The van der Waals surface area contributed by atoms with E-state index in [1.165, 1.54) is 0 Å². The van der Waals surface area contributed by atoms with Crippen LogP contribution in [0, 0.1) is 5.92 Å². The van der Waals surface area contributed by atoms with Crippen molar-refractivity contribution in [2.75, 3.05) is 11.9 Å². The van der Waals surface area contributed by atoms with Crippen molar-refractivity contribution in [3.8, 4) is 0 Å². The highest BCUT2D eigenvalue weighted by molar-refractivity contribution is 6.10. The highest BCUT2D eigenvalue weighted by Crippen LogP contribution is 2.38. The van der Waals surface area contributed by atoms with Crippen LogP contribution in [0.25, 0.3) is 0 Å². The molecular weight excluding hydrogens is 350 g/mol. The van der Waals surface area contributed by atoms with E-state index in [9.17, 15) is 19.2 Å². The number of anilines is 1. The summed E-state index contributed by atoms with van der Waals surface area (Å²) in [5.74, 6) is -1.89. The first-order valence-electron chi connectivity index (χ1n) is 9.07. The van der Waals surface area contributed by atoms with Gasteiger partial charge in [0.2, 0.25) is 5.91 Å². The molecule has 27 heavy (non-hydrogen) atoms. The van der Waals surface area contributed by atoms with Gasteiger partial charge in [0.05, 0.1) is 6.42 Å². The third-order valence-corrected chi connectivity index (χ3v) is 5.44. The van der Waals surface area contributed by atoms with Crippen LogP contribution in [0.15, 0.2) is 24.3 Å². The molecular formula is C19H23N3O5. The molecule has 1 aromatic rings. The minimum absolute atomic E-state index is 0.0204. The molecule has 1 saturated carbocycles. The lowest BCUT2D eigenvalue weighted by molar-refractivity contribution is -0.136. The van der Waals surface area contributed by atoms with Crippen molar-refractivity contribution in [1.82, 2.24) is 10.2 Å². The first-order valence-corrected chi connectivity index (χ1v) is 9.07. The Morgan fingerprint density at radius 2 is 2.04 bits per heavy atom. The van der Waals surface area contributed by atoms with Gasteiger partial charge in [0.25, 0.3) is 5.91 Å². The molecule has 0 radical (unpaired) electrons. The number of hydrogen-bond donors (Lipinski definition) is 3. The molecule has 144 valence electrons. The molecule has 0 aromatic heterocycles. The molecule has 1 aliphatic heterocycles. The Kier molecular flexibility index (Phi) is 5.16. The van der Waals surface area contributed by atoms with E-state index in [0.29, 0.717) is 17.7 Å². The van der Waals surface area contributed by atoms with Crippen LogP contribution in [-0.4, -0.2) is 45.9 Å². The van der Waals surface area contributed by atoms with Gasteiger partial charge in [-0.2, -0.15) is 0 Å². The minimum atomic E-state index is -1.01. The van der Waals surface area contributed by atoms with Crippen LogP contribution >= 0.6 is 0 Å². The van der Waals surface area contributed by atoms with Gasteiger partial charge >= 0.3 is 12.0 Å². The number of urea groups is 1. The molecule has 3 rings (SSSR count). The number of benzene rings is 1. The summed E-state index contributed by atoms with van der Waals surface area (Å²) in [5, 5.41) is 14.4. The highest BCUT2D eigenvalue weighted by atomic mass is 16.4. The number of carboxylic acid groups (broad SMARTS) is 1. The van der Waals surface area contributed by atoms with Gasteiger partial charge < -0.3 is 15.7 Å². The monoisotopic (exact) mass is 373 g/mol. The summed E-state index contributed by atoms with van der Waals surface area (Å²) >= 11 is 0. The molecule has 2 aliphatic rings. The summed E-state index contributed by atoms with van der Waals surface area (Å²) in [5.41, 5.74) is -0.0952. The maximum atomic E-state index is 12.9. The van der Waals surface area contributed by atoms with Gasteiger partial charge in [-0.15, -0.1) is 0 Å². The van der Waals surface area contributed by atoms with E-state index < -0.39 is 30.0 Å². The molecule has 2 unspecified atom stereocenters. The fourth-order valence-electron chi connectivity index (χ4n) is 3.93. The zero-order chi connectivity index (χ0) is 19.6. The molecule has 8 heteroatoms. The third kappa shape index (κ3) is 3.65. The molecule has 1 heterocycles. The molecule has 1 aliphatic carbocycles. The second-order valence-corrected chi connectivity index (χ2v) is 7.22. The SMILES string of the molecule is CC1CCCCC12NC(=O)N(CC(=O)Nc1ccccc1CC(=O)O)C2=O. The van der Waals surface area contributed by atoms with Crippen LogP contribution in [0.3, 0.4) is 0 Å². The zero-order valence-corrected chi connectivity index (χ0v) is 15.2. The summed E-state index contributed by atoms with van der Waals surface area (Å²) < 4.78 is 0. The summed E-state index contributed by atoms with van der Waals surface area (Å²) in [6.45, 7) is 1.55. The lowest BCUT2D eigenvalue weighted by atomic mass is 9.73. The molecule has 0 bridgehead atoms. The first kappa shape index (κ1) is 18.9. The number of carbonyl (C=O) groups is 4. The lowest BCUT2D eigenvalue weighted by Gasteiger charge is -2.36. The van der Waals surface area contributed by atoms with E-state index >= 15 is 0 Å². The number of imide groups is 1. The maximum Gasteiger partial charge on any atom is 0.325 e. The molecule has 2 atom stereocenters. The Morgan fingerprint density at radius 3 is 2.74 bits per heavy atom. The van der Waals surface area contributed by atoms with Crippen molar-refractivity contribution in [1.29, 1.82) is 0 Å². The molecule has 4 amide bonds. The average molecular weight is 373 g/mol. The number of hydrogen-bond acceptors (Lipinski definition) is 4. The van der Waals surface area contributed by atoms with E-state index in [-0.39, 0.29) is 18.2 Å². The Bertz CT molecular complexity index is 793. The van der Waals surface area contributed by atoms with E-state index in [1.54, 1.807) is 24.3 Å². The Labute approximate surface area is 156 Å². The molecule has 2 fully saturated rings. The van der Waals surface area contributed by atoms with Crippen molar-refractivity contribution >= 4 is 29.5 Å². The average Bonchev–Trinajstić information content (AvgIpc) is 2.84. The normalized spacial score (nSPS) is 24.8. The number of nitrogens with zero attached hydrogens (tertiary/aromatic N) is 1. The number of para-hydroxylation sites is 1.